The maximum atomic E-state index is 4.48. The maximum absolute atomic E-state index is 4.48. The molecule has 0 aliphatic rings. The molecule has 2 aromatic heterocycles. The lowest BCUT2D eigenvalue weighted by Gasteiger charge is -2.08. The number of pyridine rings is 1. The number of para-hydroxylation sites is 1. The topological polar surface area (TPSA) is 43.6 Å². The summed E-state index contributed by atoms with van der Waals surface area (Å²) in [6.45, 7) is 0. The molecule has 0 bridgehead atoms. The van der Waals surface area contributed by atoms with E-state index in [2.05, 4.69) is 33.5 Å². The SMILES string of the molecule is C(=C(\c1ccccn1)n1nnc2ccccc21)/c1ccccc1. The molecule has 0 fully saturated rings. The predicted molar refractivity (Wildman–Crippen MR) is 91.5 cm³/mol. The summed E-state index contributed by atoms with van der Waals surface area (Å²) < 4.78 is 1.84. The van der Waals surface area contributed by atoms with Gasteiger partial charge in [0.1, 0.15) is 5.52 Å². The van der Waals surface area contributed by atoms with Crippen LogP contribution in [0.2, 0.25) is 0 Å². The molecule has 2 heterocycles. The molecule has 0 N–H and O–H groups in total. The molecule has 2 aromatic carbocycles. The Kier molecular flexibility index (Phi) is 3.41. The third-order valence-electron chi connectivity index (χ3n) is 3.61. The van der Waals surface area contributed by atoms with Crippen molar-refractivity contribution >= 4 is 22.8 Å². The van der Waals surface area contributed by atoms with Gasteiger partial charge in [0.15, 0.2) is 0 Å². The minimum Gasteiger partial charge on any atom is -0.255 e. The summed E-state index contributed by atoms with van der Waals surface area (Å²) in [5.74, 6) is 0. The molecule has 0 amide bonds. The van der Waals surface area contributed by atoms with Gasteiger partial charge in [-0.3, -0.25) is 4.98 Å². The lowest BCUT2D eigenvalue weighted by Crippen LogP contribution is -2.03. The highest BCUT2D eigenvalue weighted by Crippen LogP contribution is 2.22. The van der Waals surface area contributed by atoms with E-state index >= 15 is 0 Å². The molecule has 4 nitrogen and oxygen atoms in total. The molecule has 0 unspecified atom stereocenters. The van der Waals surface area contributed by atoms with Gasteiger partial charge >= 0.3 is 0 Å². The first-order valence-electron chi connectivity index (χ1n) is 7.41. The first-order valence-corrected chi connectivity index (χ1v) is 7.41. The largest absolute Gasteiger partial charge is 0.255 e. The van der Waals surface area contributed by atoms with Crippen molar-refractivity contribution in [3.05, 3.63) is 90.3 Å². The second-order valence-corrected chi connectivity index (χ2v) is 5.15. The summed E-state index contributed by atoms with van der Waals surface area (Å²) >= 11 is 0. The van der Waals surface area contributed by atoms with Gasteiger partial charge in [0.2, 0.25) is 0 Å². The average molecular weight is 298 g/mol. The lowest BCUT2D eigenvalue weighted by atomic mass is 10.1. The fourth-order valence-electron chi connectivity index (χ4n) is 2.51. The summed E-state index contributed by atoms with van der Waals surface area (Å²) in [6, 6.07) is 23.9. The van der Waals surface area contributed by atoms with Gasteiger partial charge in [-0.1, -0.05) is 53.7 Å². The quantitative estimate of drug-likeness (QED) is 0.576. The fourth-order valence-corrected chi connectivity index (χ4v) is 2.51. The number of hydrogen-bond donors (Lipinski definition) is 0. The molecule has 0 aliphatic carbocycles. The molecule has 0 saturated heterocycles. The number of rotatable bonds is 3. The van der Waals surface area contributed by atoms with E-state index in [4.69, 9.17) is 0 Å². The Morgan fingerprint density at radius 2 is 1.61 bits per heavy atom. The molecule has 4 rings (SSSR count). The van der Waals surface area contributed by atoms with Crippen LogP contribution < -0.4 is 0 Å². The van der Waals surface area contributed by atoms with Crippen LogP contribution in [0, 0.1) is 0 Å². The number of nitrogens with zero attached hydrogens (tertiary/aromatic N) is 4. The smallest absolute Gasteiger partial charge is 0.113 e. The Hall–Kier alpha value is -3.27. The van der Waals surface area contributed by atoms with E-state index < -0.39 is 0 Å². The zero-order valence-corrected chi connectivity index (χ0v) is 12.4. The van der Waals surface area contributed by atoms with Gasteiger partial charge in [-0.05, 0) is 35.9 Å². The lowest BCUT2D eigenvalue weighted by molar-refractivity contribution is 0.839. The van der Waals surface area contributed by atoms with Crippen molar-refractivity contribution in [2.24, 2.45) is 0 Å². The van der Waals surface area contributed by atoms with Crippen LogP contribution in [0.1, 0.15) is 11.3 Å². The van der Waals surface area contributed by atoms with E-state index in [1.807, 2.05) is 65.3 Å². The number of benzene rings is 2. The fraction of sp³-hybridized carbons (Fsp3) is 0. The predicted octanol–water partition coefficient (Wildman–Crippen LogP) is 3.87. The molecule has 0 atom stereocenters. The molecular formula is C19H14N4. The van der Waals surface area contributed by atoms with Crippen LogP contribution in [0.15, 0.2) is 79.0 Å². The summed E-state index contributed by atoms with van der Waals surface area (Å²) in [7, 11) is 0. The van der Waals surface area contributed by atoms with E-state index in [-0.39, 0.29) is 0 Å². The van der Waals surface area contributed by atoms with Crippen molar-refractivity contribution in [1.82, 2.24) is 20.0 Å². The van der Waals surface area contributed by atoms with Crippen molar-refractivity contribution < 1.29 is 0 Å². The van der Waals surface area contributed by atoms with Gasteiger partial charge in [0, 0.05) is 6.20 Å². The van der Waals surface area contributed by atoms with Gasteiger partial charge in [-0.2, -0.15) is 0 Å². The van der Waals surface area contributed by atoms with E-state index in [1.54, 1.807) is 6.20 Å². The molecule has 0 saturated carbocycles. The van der Waals surface area contributed by atoms with Crippen LogP contribution >= 0.6 is 0 Å². The van der Waals surface area contributed by atoms with Crippen molar-refractivity contribution in [2.75, 3.05) is 0 Å². The highest BCUT2D eigenvalue weighted by Gasteiger charge is 2.11. The zero-order valence-electron chi connectivity index (χ0n) is 12.4. The number of aromatic nitrogens is 4. The van der Waals surface area contributed by atoms with Gasteiger partial charge < -0.3 is 0 Å². The van der Waals surface area contributed by atoms with Crippen LogP contribution in [0.4, 0.5) is 0 Å². The molecule has 110 valence electrons. The van der Waals surface area contributed by atoms with Crippen LogP contribution in [0.3, 0.4) is 0 Å². The molecule has 4 aromatic rings. The van der Waals surface area contributed by atoms with Crippen LogP contribution in [-0.4, -0.2) is 20.0 Å². The third kappa shape index (κ3) is 2.62. The molecule has 4 heteroatoms. The Morgan fingerprint density at radius 3 is 2.43 bits per heavy atom. The third-order valence-corrected chi connectivity index (χ3v) is 3.61. The second-order valence-electron chi connectivity index (χ2n) is 5.15. The highest BCUT2D eigenvalue weighted by atomic mass is 15.4. The normalized spacial score (nSPS) is 11.7. The Labute approximate surface area is 133 Å². The first kappa shape index (κ1) is 13.4. The molecule has 23 heavy (non-hydrogen) atoms. The Bertz CT molecular complexity index is 956. The van der Waals surface area contributed by atoms with Gasteiger partial charge in [0.25, 0.3) is 0 Å². The Morgan fingerprint density at radius 1 is 0.826 bits per heavy atom. The standard InChI is InChI=1S/C19H14N4/c1-2-8-15(9-3-1)14-19(16-10-6-7-13-20-16)23-18-12-5-4-11-17(18)21-22-23/h1-14H/b19-14-. The molecule has 0 spiro atoms. The number of hydrogen-bond acceptors (Lipinski definition) is 3. The maximum Gasteiger partial charge on any atom is 0.113 e. The van der Waals surface area contributed by atoms with E-state index in [1.165, 1.54) is 0 Å². The molecular weight excluding hydrogens is 284 g/mol. The first-order chi connectivity index (χ1) is 11.4. The van der Waals surface area contributed by atoms with E-state index in [0.717, 1.165) is 28.0 Å². The van der Waals surface area contributed by atoms with E-state index in [0.29, 0.717) is 0 Å². The second kappa shape index (κ2) is 5.85. The summed E-state index contributed by atoms with van der Waals surface area (Å²) in [5, 5.41) is 8.58. The van der Waals surface area contributed by atoms with E-state index in [9.17, 15) is 0 Å². The van der Waals surface area contributed by atoms with Crippen LogP contribution in [-0.2, 0) is 0 Å². The summed E-state index contributed by atoms with van der Waals surface area (Å²) in [6.07, 6.45) is 3.86. The van der Waals surface area contributed by atoms with Crippen molar-refractivity contribution in [3.63, 3.8) is 0 Å². The monoisotopic (exact) mass is 298 g/mol. The van der Waals surface area contributed by atoms with Crippen molar-refractivity contribution in [1.29, 1.82) is 0 Å². The van der Waals surface area contributed by atoms with Gasteiger partial charge in [-0.25, -0.2) is 4.68 Å². The summed E-state index contributed by atoms with van der Waals surface area (Å²) in [5.41, 5.74) is 4.66. The zero-order chi connectivity index (χ0) is 15.5. The minimum atomic E-state index is 0.854. The van der Waals surface area contributed by atoms with Crippen molar-refractivity contribution in [2.45, 2.75) is 0 Å². The van der Waals surface area contributed by atoms with Gasteiger partial charge in [0.05, 0.1) is 16.9 Å². The average Bonchev–Trinajstić information content (AvgIpc) is 3.05. The van der Waals surface area contributed by atoms with Crippen molar-refractivity contribution in [3.8, 4) is 0 Å². The Balaban J connectivity index is 1.94. The highest BCUT2D eigenvalue weighted by molar-refractivity contribution is 5.86. The molecule has 0 aliphatic heterocycles. The molecule has 0 radical (unpaired) electrons. The summed E-state index contributed by atoms with van der Waals surface area (Å²) in [4.78, 5) is 4.48. The van der Waals surface area contributed by atoms with Crippen LogP contribution in [0.25, 0.3) is 22.8 Å². The minimum absolute atomic E-state index is 0.854. The number of fused-ring (bicyclic) bond motifs is 1. The van der Waals surface area contributed by atoms with Crippen LogP contribution in [0.5, 0.6) is 0 Å². The van der Waals surface area contributed by atoms with Gasteiger partial charge in [-0.15, -0.1) is 5.10 Å².